The normalized spacial score (nSPS) is 12.3. The maximum absolute atomic E-state index is 13.6. The van der Waals surface area contributed by atoms with E-state index in [1.807, 2.05) is 0 Å². The summed E-state index contributed by atoms with van der Waals surface area (Å²) in [6.45, 7) is 0. The molecule has 0 fully saturated rings. The van der Waals surface area contributed by atoms with Gasteiger partial charge in [-0.2, -0.15) is 26.3 Å². The Kier molecular flexibility index (Phi) is 5.33. The van der Waals surface area contributed by atoms with Crippen molar-refractivity contribution < 1.29 is 26.3 Å². The molecule has 14 heteroatoms. The van der Waals surface area contributed by atoms with E-state index in [0.717, 1.165) is 41.8 Å². The Morgan fingerprint density at radius 3 is 2.31 bits per heavy atom. The summed E-state index contributed by atoms with van der Waals surface area (Å²) in [5.41, 5.74) is 3.30. The lowest BCUT2D eigenvalue weighted by atomic mass is 10.1. The lowest BCUT2D eigenvalue weighted by Crippen LogP contribution is -2.09. The molecule has 3 aromatic heterocycles. The van der Waals surface area contributed by atoms with E-state index < -0.39 is 29.2 Å². The fourth-order valence-corrected chi connectivity index (χ4v) is 3.76. The molecular formula is C18H9ClF6N6S. The highest BCUT2D eigenvalue weighted by molar-refractivity contribution is 7.21. The molecule has 0 saturated carbocycles. The number of fused-ring (bicyclic) bond motifs is 1. The lowest BCUT2D eigenvalue weighted by molar-refractivity contribution is -0.141. The van der Waals surface area contributed by atoms with Crippen LogP contribution in [-0.4, -0.2) is 19.9 Å². The van der Waals surface area contributed by atoms with Crippen LogP contribution in [0.5, 0.6) is 0 Å². The van der Waals surface area contributed by atoms with Crippen molar-refractivity contribution in [3.05, 3.63) is 52.8 Å². The van der Waals surface area contributed by atoms with E-state index >= 15 is 0 Å². The Balaban J connectivity index is 1.86. The van der Waals surface area contributed by atoms with Gasteiger partial charge in [0.25, 0.3) is 0 Å². The molecule has 166 valence electrons. The van der Waals surface area contributed by atoms with E-state index in [-0.39, 0.29) is 37.8 Å². The molecule has 0 unspecified atom stereocenters. The summed E-state index contributed by atoms with van der Waals surface area (Å²) in [6.07, 6.45) is -8.46. The second-order valence-corrected chi connectivity index (χ2v) is 7.73. The number of alkyl halides is 6. The summed E-state index contributed by atoms with van der Waals surface area (Å²) in [7, 11) is 0. The van der Waals surface area contributed by atoms with Crippen LogP contribution in [0.3, 0.4) is 0 Å². The summed E-state index contributed by atoms with van der Waals surface area (Å²) in [4.78, 5) is 15.8. The van der Waals surface area contributed by atoms with Crippen molar-refractivity contribution in [3.63, 3.8) is 0 Å². The third-order valence-corrected chi connectivity index (χ3v) is 5.23. The number of thiazole rings is 1. The van der Waals surface area contributed by atoms with Gasteiger partial charge in [-0.15, -0.1) is 0 Å². The molecule has 3 N–H and O–H groups in total. The molecule has 0 aliphatic heterocycles. The van der Waals surface area contributed by atoms with E-state index in [0.29, 0.717) is 0 Å². The first kappa shape index (κ1) is 22.0. The summed E-state index contributed by atoms with van der Waals surface area (Å²) in [5.74, 6) is -0.436. The Morgan fingerprint density at radius 2 is 1.69 bits per heavy atom. The van der Waals surface area contributed by atoms with Crippen LogP contribution in [0.1, 0.15) is 11.3 Å². The Hall–Kier alpha value is -3.19. The molecule has 3 heterocycles. The second kappa shape index (κ2) is 7.74. The van der Waals surface area contributed by atoms with Crippen LogP contribution in [0.15, 0.2) is 36.5 Å². The molecule has 4 rings (SSSR count). The number of pyridine rings is 1. The number of hydrogen-bond donors (Lipinski definition) is 2. The van der Waals surface area contributed by atoms with Crippen molar-refractivity contribution in [2.45, 2.75) is 12.4 Å². The summed E-state index contributed by atoms with van der Waals surface area (Å²) >= 11 is 6.94. The molecule has 0 spiro atoms. The molecule has 0 atom stereocenters. The Morgan fingerprint density at radius 1 is 0.938 bits per heavy atom. The van der Waals surface area contributed by atoms with Gasteiger partial charge in [0.05, 0.1) is 28.0 Å². The van der Waals surface area contributed by atoms with Gasteiger partial charge in [-0.05, 0) is 24.3 Å². The van der Waals surface area contributed by atoms with Gasteiger partial charge in [0, 0.05) is 0 Å². The van der Waals surface area contributed by atoms with E-state index in [2.05, 4.69) is 25.3 Å². The third-order valence-electron chi connectivity index (χ3n) is 4.13. The number of rotatable bonds is 3. The van der Waals surface area contributed by atoms with E-state index in [9.17, 15) is 26.3 Å². The highest BCUT2D eigenvalue weighted by Gasteiger charge is 2.36. The van der Waals surface area contributed by atoms with Gasteiger partial charge in [-0.1, -0.05) is 29.0 Å². The number of nitrogens with two attached hydrogens (primary N) is 1. The molecule has 1 aromatic carbocycles. The van der Waals surface area contributed by atoms with E-state index in [4.69, 9.17) is 17.3 Å². The van der Waals surface area contributed by atoms with Gasteiger partial charge >= 0.3 is 12.4 Å². The molecule has 0 amide bonds. The maximum Gasteiger partial charge on any atom is 0.433 e. The van der Waals surface area contributed by atoms with Crippen molar-refractivity contribution in [3.8, 4) is 11.4 Å². The minimum atomic E-state index is -4.74. The number of benzene rings is 1. The van der Waals surface area contributed by atoms with Crippen LogP contribution in [0.4, 0.5) is 43.0 Å². The van der Waals surface area contributed by atoms with E-state index in [1.54, 1.807) is 0 Å². The zero-order chi connectivity index (χ0) is 23.3. The third kappa shape index (κ3) is 4.25. The maximum atomic E-state index is 13.6. The second-order valence-electron chi connectivity index (χ2n) is 6.32. The minimum Gasteiger partial charge on any atom is -0.375 e. The predicted octanol–water partition coefficient (Wildman–Crippen LogP) is 6.17. The average molecular weight is 491 g/mol. The molecule has 6 nitrogen and oxygen atoms in total. The topological polar surface area (TPSA) is 89.6 Å². The summed E-state index contributed by atoms with van der Waals surface area (Å²) < 4.78 is 78.9. The van der Waals surface area contributed by atoms with Crippen LogP contribution in [0.25, 0.3) is 21.7 Å². The number of halogens is 7. The van der Waals surface area contributed by atoms with Crippen LogP contribution < -0.4 is 11.1 Å². The number of nitrogens with zero attached hydrogens (tertiary/aromatic N) is 4. The summed E-state index contributed by atoms with van der Waals surface area (Å²) in [5, 5.41) is 2.54. The summed E-state index contributed by atoms with van der Waals surface area (Å²) in [6, 6.07) is 5.07. The number of anilines is 3. The molecule has 0 aliphatic carbocycles. The molecule has 0 saturated heterocycles. The SMILES string of the molecule is Nc1nc2c(Nc3ccc(C(F)(F)F)nc3)nc(-c3c(Cl)cccc3C(F)(F)F)nc2s1. The van der Waals surface area contributed by atoms with Gasteiger partial charge < -0.3 is 11.1 Å². The van der Waals surface area contributed by atoms with Gasteiger partial charge in [-0.25, -0.2) is 19.9 Å². The average Bonchev–Trinajstić information content (AvgIpc) is 3.07. The molecular weight excluding hydrogens is 482 g/mol. The number of nitrogen functional groups attached to an aromatic ring is 1. The van der Waals surface area contributed by atoms with E-state index in [1.165, 1.54) is 6.07 Å². The minimum absolute atomic E-state index is 0.0650. The van der Waals surface area contributed by atoms with Crippen molar-refractivity contribution in [1.82, 2.24) is 19.9 Å². The largest absolute Gasteiger partial charge is 0.433 e. The monoisotopic (exact) mass is 490 g/mol. The standard InChI is InChI=1S/C18H9ClF6N6S/c19-9-3-1-2-8(17(20,21)22)11(9)13-30-14(12-15(31-13)32-16(26)29-12)28-7-4-5-10(27-6-7)18(23,24)25/h1-6H,(H2,26,29)(H,28,30,31). The van der Waals surface area contributed by atoms with Gasteiger partial charge in [-0.3, -0.25) is 0 Å². The molecule has 0 radical (unpaired) electrons. The fraction of sp³-hybridized carbons (Fsp3) is 0.111. The van der Waals surface area contributed by atoms with Gasteiger partial charge in [0.1, 0.15) is 11.2 Å². The highest BCUT2D eigenvalue weighted by Crippen LogP contribution is 2.41. The predicted molar refractivity (Wildman–Crippen MR) is 108 cm³/mol. The Bertz CT molecular complexity index is 1300. The van der Waals surface area contributed by atoms with Crippen molar-refractivity contribution in [2.75, 3.05) is 11.1 Å². The van der Waals surface area contributed by atoms with Crippen molar-refractivity contribution in [1.29, 1.82) is 0 Å². The first-order chi connectivity index (χ1) is 14.9. The quantitative estimate of drug-likeness (QED) is 0.334. The fourth-order valence-electron chi connectivity index (χ4n) is 2.80. The van der Waals surface area contributed by atoms with Gasteiger partial charge in [0.2, 0.25) is 0 Å². The number of nitrogens with one attached hydrogen (secondary N) is 1. The molecule has 4 aromatic rings. The first-order valence-electron chi connectivity index (χ1n) is 8.54. The number of hydrogen-bond acceptors (Lipinski definition) is 7. The van der Waals surface area contributed by atoms with Crippen LogP contribution in [-0.2, 0) is 12.4 Å². The zero-order valence-electron chi connectivity index (χ0n) is 15.4. The van der Waals surface area contributed by atoms with Crippen LogP contribution >= 0.6 is 22.9 Å². The first-order valence-corrected chi connectivity index (χ1v) is 9.73. The van der Waals surface area contributed by atoms with Crippen molar-refractivity contribution >= 4 is 49.9 Å². The Labute approximate surface area is 184 Å². The lowest BCUT2D eigenvalue weighted by Gasteiger charge is -2.14. The molecule has 32 heavy (non-hydrogen) atoms. The smallest absolute Gasteiger partial charge is 0.375 e. The molecule has 0 bridgehead atoms. The van der Waals surface area contributed by atoms with Crippen molar-refractivity contribution in [2.24, 2.45) is 0 Å². The van der Waals surface area contributed by atoms with Crippen LogP contribution in [0, 0.1) is 0 Å². The van der Waals surface area contributed by atoms with Gasteiger partial charge in [0.15, 0.2) is 21.6 Å². The number of aromatic nitrogens is 4. The highest BCUT2D eigenvalue weighted by atomic mass is 35.5. The molecule has 0 aliphatic rings. The zero-order valence-corrected chi connectivity index (χ0v) is 17.0. The van der Waals surface area contributed by atoms with Crippen LogP contribution in [0.2, 0.25) is 5.02 Å².